The van der Waals surface area contributed by atoms with Crippen molar-refractivity contribution in [2.45, 2.75) is 63.6 Å². The summed E-state index contributed by atoms with van der Waals surface area (Å²) in [5, 5.41) is 6.88. The predicted molar refractivity (Wildman–Crippen MR) is 133 cm³/mol. The number of carbonyl (C=O) groups is 1. The van der Waals surface area contributed by atoms with E-state index in [-0.39, 0.29) is 5.91 Å². The van der Waals surface area contributed by atoms with Crippen molar-refractivity contribution in [2.75, 3.05) is 52.9 Å². The van der Waals surface area contributed by atoms with E-state index in [9.17, 15) is 4.79 Å². The van der Waals surface area contributed by atoms with Crippen LogP contribution in [-0.2, 0) is 16.1 Å². The van der Waals surface area contributed by atoms with E-state index < -0.39 is 0 Å². The second-order valence-electron chi connectivity index (χ2n) is 10.5. The number of hydrogen-bond donors (Lipinski definition) is 2. The second-order valence-corrected chi connectivity index (χ2v) is 10.5. The molecule has 1 amide bonds. The Bertz CT molecular complexity index is 707. The first-order valence-electron chi connectivity index (χ1n) is 13.2. The molecule has 0 saturated carbocycles. The van der Waals surface area contributed by atoms with Gasteiger partial charge in [0.25, 0.3) is 0 Å². The first-order valence-corrected chi connectivity index (χ1v) is 13.2. The summed E-state index contributed by atoms with van der Waals surface area (Å²) < 4.78 is 5.97. The molecule has 184 valence electrons. The molecule has 6 heteroatoms. The van der Waals surface area contributed by atoms with E-state index in [4.69, 9.17) is 4.74 Å². The third kappa shape index (κ3) is 8.06. The van der Waals surface area contributed by atoms with Gasteiger partial charge >= 0.3 is 0 Å². The van der Waals surface area contributed by atoms with Crippen LogP contribution in [0.2, 0.25) is 0 Å². The summed E-state index contributed by atoms with van der Waals surface area (Å²) in [6.07, 6.45) is 7.61. The molecule has 3 atom stereocenters. The summed E-state index contributed by atoms with van der Waals surface area (Å²) >= 11 is 0. The number of nitrogens with zero attached hydrogens (tertiary/aromatic N) is 2. The minimum absolute atomic E-state index is 0.192. The van der Waals surface area contributed by atoms with Gasteiger partial charge in [-0.15, -0.1) is 0 Å². The summed E-state index contributed by atoms with van der Waals surface area (Å²) in [4.78, 5) is 17.3. The molecule has 6 nitrogen and oxygen atoms in total. The summed E-state index contributed by atoms with van der Waals surface area (Å²) in [7, 11) is 2.17. The number of rotatable bonds is 11. The molecule has 3 saturated heterocycles. The van der Waals surface area contributed by atoms with Crippen LogP contribution in [0.1, 0.15) is 50.5 Å². The molecular formula is C27H44N4O2. The second kappa shape index (κ2) is 12.8. The zero-order valence-corrected chi connectivity index (χ0v) is 20.5. The van der Waals surface area contributed by atoms with Crippen LogP contribution in [0.4, 0.5) is 0 Å². The van der Waals surface area contributed by atoms with Gasteiger partial charge in [0.1, 0.15) is 0 Å². The van der Waals surface area contributed by atoms with E-state index in [1.807, 2.05) is 0 Å². The fourth-order valence-electron chi connectivity index (χ4n) is 5.85. The molecule has 3 aliphatic heterocycles. The number of piperidine rings is 3. The van der Waals surface area contributed by atoms with Crippen LogP contribution < -0.4 is 10.6 Å². The number of fused-ring (bicyclic) bond motifs is 2. The van der Waals surface area contributed by atoms with E-state index in [0.29, 0.717) is 24.5 Å². The number of likely N-dealkylation sites (tertiary alicyclic amines) is 2. The zero-order chi connectivity index (χ0) is 22.9. The van der Waals surface area contributed by atoms with Crippen LogP contribution in [0.15, 0.2) is 30.3 Å². The van der Waals surface area contributed by atoms with E-state index >= 15 is 0 Å². The first-order chi connectivity index (χ1) is 16.2. The molecule has 0 spiro atoms. The molecule has 0 aromatic heterocycles. The Morgan fingerprint density at radius 3 is 2.79 bits per heavy atom. The topological polar surface area (TPSA) is 56.8 Å². The van der Waals surface area contributed by atoms with Crippen molar-refractivity contribution < 1.29 is 9.53 Å². The van der Waals surface area contributed by atoms with Gasteiger partial charge in [-0.25, -0.2) is 0 Å². The smallest absolute Gasteiger partial charge is 0.219 e. The van der Waals surface area contributed by atoms with Gasteiger partial charge in [0, 0.05) is 58.3 Å². The van der Waals surface area contributed by atoms with E-state index in [0.717, 1.165) is 77.4 Å². The maximum Gasteiger partial charge on any atom is 0.219 e. The Labute approximate surface area is 200 Å². The number of amides is 1. The van der Waals surface area contributed by atoms with Crippen molar-refractivity contribution in [1.29, 1.82) is 0 Å². The quantitative estimate of drug-likeness (QED) is 0.502. The lowest BCUT2D eigenvalue weighted by Crippen LogP contribution is -2.55. The number of ether oxygens (including phenoxy) is 1. The summed E-state index contributed by atoms with van der Waals surface area (Å²) in [6.45, 7) is 8.30. The number of carbonyl (C=O) groups excluding carboxylic acids is 1. The Kier molecular flexibility index (Phi) is 9.59. The van der Waals surface area contributed by atoms with Crippen molar-refractivity contribution >= 4 is 5.91 Å². The molecule has 1 aromatic carbocycles. The molecule has 3 aliphatic rings. The Hall–Kier alpha value is -1.47. The SMILES string of the molecule is CN1CCC(OCCCNC(=O)CCC[C@H]2NCC3CC2CN(Cc2ccccc2)C3)CC1. The summed E-state index contributed by atoms with van der Waals surface area (Å²) in [5.74, 6) is 1.67. The van der Waals surface area contributed by atoms with Crippen LogP contribution >= 0.6 is 0 Å². The highest BCUT2D eigenvalue weighted by atomic mass is 16.5. The normalized spacial score (nSPS) is 26.9. The predicted octanol–water partition coefficient (Wildman–Crippen LogP) is 2.88. The van der Waals surface area contributed by atoms with Crippen LogP contribution in [-0.4, -0.2) is 80.8 Å². The Balaban J connectivity index is 1.07. The third-order valence-corrected chi connectivity index (χ3v) is 7.71. The molecule has 0 radical (unpaired) electrons. The fourth-order valence-corrected chi connectivity index (χ4v) is 5.85. The molecule has 3 fully saturated rings. The maximum atomic E-state index is 12.3. The molecule has 2 N–H and O–H groups in total. The molecule has 2 bridgehead atoms. The number of benzene rings is 1. The fraction of sp³-hybridized carbons (Fsp3) is 0.741. The monoisotopic (exact) mass is 456 g/mol. The van der Waals surface area contributed by atoms with Crippen molar-refractivity contribution in [3.05, 3.63) is 35.9 Å². The van der Waals surface area contributed by atoms with Gasteiger partial charge in [-0.1, -0.05) is 30.3 Å². The zero-order valence-electron chi connectivity index (χ0n) is 20.5. The average Bonchev–Trinajstić information content (AvgIpc) is 2.82. The van der Waals surface area contributed by atoms with Gasteiger partial charge in [0.2, 0.25) is 5.91 Å². The highest BCUT2D eigenvalue weighted by Gasteiger charge is 2.36. The lowest BCUT2D eigenvalue weighted by atomic mass is 9.79. The van der Waals surface area contributed by atoms with Gasteiger partial charge in [0.15, 0.2) is 0 Å². The Morgan fingerprint density at radius 1 is 1.15 bits per heavy atom. The van der Waals surface area contributed by atoms with Crippen LogP contribution in [0, 0.1) is 11.8 Å². The average molecular weight is 457 g/mol. The van der Waals surface area contributed by atoms with Gasteiger partial charge in [-0.2, -0.15) is 0 Å². The van der Waals surface area contributed by atoms with Crippen LogP contribution in [0.5, 0.6) is 0 Å². The third-order valence-electron chi connectivity index (χ3n) is 7.71. The summed E-state index contributed by atoms with van der Waals surface area (Å²) in [5.41, 5.74) is 1.41. The highest BCUT2D eigenvalue weighted by Crippen LogP contribution is 2.31. The molecule has 3 heterocycles. The van der Waals surface area contributed by atoms with Crippen LogP contribution in [0.3, 0.4) is 0 Å². The van der Waals surface area contributed by atoms with Crippen molar-refractivity contribution in [2.24, 2.45) is 11.8 Å². The van der Waals surface area contributed by atoms with Gasteiger partial charge in [-0.05, 0) is 69.5 Å². The standard InChI is InChI=1S/C27H44N4O2/c1-30-14-11-25(12-15-30)33-16-6-13-28-27(32)10-5-9-26-24-17-23(18-29-26)20-31(21-24)19-22-7-3-2-4-8-22/h2-4,7-8,23-26,29H,5-6,9-21H2,1H3,(H,28,32)/t23?,24?,26-/m1/s1. The van der Waals surface area contributed by atoms with Gasteiger partial charge in [0.05, 0.1) is 6.10 Å². The van der Waals surface area contributed by atoms with Gasteiger partial charge in [-0.3, -0.25) is 9.69 Å². The van der Waals surface area contributed by atoms with E-state index in [1.165, 1.54) is 25.1 Å². The van der Waals surface area contributed by atoms with Crippen LogP contribution in [0.25, 0.3) is 0 Å². The molecule has 2 unspecified atom stereocenters. The molecule has 4 rings (SSSR count). The first kappa shape index (κ1) is 24.6. The Morgan fingerprint density at radius 2 is 1.97 bits per heavy atom. The molecule has 0 aliphatic carbocycles. The van der Waals surface area contributed by atoms with Gasteiger partial charge < -0.3 is 20.3 Å². The minimum atomic E-state index is 0.192. The largest absolute Gasteiger partial charge is 0.378 e. The van der Waals surface area contributed by atoms with Crippen molar-refractivity contribution in [3.63, 3.8) is 0 Å². The molecule has 1 aromatic rings. The van der Waals surface area contributed by atoms with Crippen molar-refractivity contribution in [3.8, 4) is 0 Å². The minimum Gasteiger partial charge on any atom is -0.378 e. The lowest BCUT2D eigenvalue weighted by molar-refractivity contribution is -0.121. The maximum absolute atomic E-state index is 12.3. The van der Waals surface area contributed by atoms with E-state index in [2.05, 4.69) is 57.8 Å². The number of nitrogens with one attached hydrogen (secondary N) is 2. The lowest BCUT2D eigenvalue weighted by Gasteiger charge is -2.46. The number of hydrogen-bond acceptors (Lipinski definition) is 5. The molecule has 33 heavy (non-hydrogen) atoms. The molecular weight excluding hydrogens is 412 g/mol. The van der Waals surface area contributed by atoms with E-state index in [1.54, 1.807) is 0 Å². The summed E-state index contributed by atoms with van der Waals surface area (Å²) in [6, 6.07) is 11.4. The van der Waals surface area contributed by atoms with Crippen molar-refractivity contribution in [1.82, 2.24) is 20.4 Å². The highest BCUT2D eigenvalue weighted by molar-refractivity contribution is 5.75.